The van der Waals surface area contributed by atoms with E-state index in [1.807, 2.05) is 31.2 Å². The summed E-state index contributed by atoms with van der Waals surface area (Å²) in [6.45, 7) is 7.91. The molecule has 0 aliphatic carbocycles. The Morgan fingerprint density at radius 3 is 2.62 bits per heavy atom. The molecule has 1 aromatic heterocycles. The lowest BCUT2D eigenvalue weighted by molar-refractivity contribution is -0.125. The van der Waals surface area contributed by atoms with Gasteiger partial charge in [0.05, 0.1) is 5.02 Å². The molecule has 6 nitrogen and oxygen atoms in total. The Labute approximate surface area is 231 Å². The number of nitrogens with one attached hydrogen (secondary N) is 2. The Morgan fingerprint density at radius 2 is 1.89 bits per heavy atom. The predicted octanol–water partition coefficient (Wildman–Crippen LogP) is 7.90. The van der Waals surface area contributed by atoms with Gasteiger partial charge in [-0.15, -0.1) is 0 Å². The molecule has 0 spiro atoms. The van der Waals surface area contributed by atoms with Gasteiger partial charge in [-0.3, -0.25) is 10.1 Å². The van der Waals surface area contributed by atoms with Gasteiger partial charge in [0.1, 0.15) is 11.3 Å². The zero-order chi connectivity index (χ0) is 26.7. The minimum atomic E-state index is -0.842. The third-order valence-corrected chi connectivity index (χ3v) is 6.86. The van der Waals surface area contributed by atoms with E-state index in [0.717, 1.165) is 34.3 Å². The van der Waals surface area contributed by atoms with Gasteiger partial charge in [-0.2, -0.15) is 0 Å². The number of ether oxygens (including phenoxy) is 1. The van der Waals surface area contributed by atoms with Crippen LogP contribution < -0.4 is 15.4 Å². The number of carbonyl (C=O) groups is 1. The van der Waals surface area contributed by atoms with E-state index in [4.69, 9.17) is 49.6 Å². The first-order chi connectivity index (χ1) is 17.6. The van der Waals surface area contributed by atoms with E-state index in [1.165, 1.54) is 5.56 Å². The quantitative estimate of drug-likeness (QED) is 0.225. The Bertz CT molecular complexity index is 1470. The van der Waals surface area contributed by atoms with Crippen molar-refractivity contribution < 1.29 is 13.9 Å². The lowest BCUT2D eigenvalue weighted by atomic mass is 9.98. The largest absolute Gasteiger partial charge is 0.479 e. The van der Waals surface area contributed by atoms with E-state index in [0.29, 0.717) is 27.6 Å². The molecule has 192 valence electrons. The number of fused-ring (bicyclic) bond motifs is 1. The number of oxazole rings is 1. The van der Waals surface area contributed by atoms with Gasteiger partial charge in [0.15, 0.2) is 16.8 Å². The SMILES string of the molecule is CCC(C)c1ccc2oc(-c3ccc(C)c(NC(=S)NC(=O)C(C)Oc4ccc(Cl)cc4Cl)c3)nc2c1. The highest BCUT2D eigenvalue weighted by Gasteiger charge is 2.18. The molecule has 0 fully saturated rings. The van der Waals surface area contributed by atoms with E-state index in [9.17, 15) is 4.79 Å². The second kappa shape index (κ2) is 11.5. The fraction of sp³-hybridized carbons (Fsp3) is 0.250. The van der Waals surface area contributed by atoms with Gasteiger partial charge in [-0.05, 0) is 92.0 Å². The van der Waals surface area contributed by atoms with Crippen molar-refractivity contribution in [3.63, 3.8) is 0 Å². The van der Waals surface area contributed by atoms with Crippen LogP contribution in [-0.2, 0) is 4.79 Å². The number of thiocarbonyl (C=S) groups is 1. The molecule has 1 amide bonds. The fourth-order valence-electron chi connectivity index (χ4n) is 3.68. The van der Waals surface area contributed by atoms with Crippen molar-refractivity contribution >= 4 is 63.2 Å². The topological polar surface area (TPSA) is 76.4 Å². The van der Waals surface area contributed by atoms with Crippen LogP contribution in [0.3, 0.4) is 0 Å². The number of nitrogens with zero attached hydrogens (tertiary/aromatic N) is 1. The highest BCUT2D eigenvalue weighted by Crippen LogP contribution is 2.31. The van der Waals surface area contributed by atoms with E-state index < -0.39 is 12.0 Å². The third kappa shape index (κ3) is 6.42. The van der Waals surface area contributed by atoms with Gasteiger partial charge in [-0.25, -0.2) is 4.98 Å². The molecule has 37 heavy (non-hydrogen) atoms. The van der Waals surface area contributed by atoms with Gasteiger partial charge >= 0.3 is 0 Å². The van der Waals surface area contributed by atoms with Gasteiger partial charge < -0.3 is 14.5 Å². The zero-order valence-corrected chi connectivity index (χ0v) is 23.2. The summed E-state index contributed by atoms with van der Waals surface area (Å²) in [6, 6.07) is 16.7. The predicted molar refractivity (Wildman–Crippen MR) is 154 cm³/mol. The number of amides is 1. The van der Waals surface area contributed by atoms with Crippen molar-refractivity contribution in [3.05, 3.63) is 75.8 Å². The second-order valence-corrected chi connectivity index (χ2v) is 10.1. The highest BCUT2D eigenvalue weighted by molar-refractivity contribution is 7.80. The number of benzene rings is 3. The Balaban J connectivity index is 1.45. The van der Waals surface area contributed by atoms with Crippen LogP contribution in [0.2, 0.25) is 10.0 Å². The van der Waals surface area contributed by atoms with Crippen LogP contribution in [0.15, 0.2) is 59.0 Å². The zero-order valence-electron chi connectivity index (χ0n) is 20.9. The van der Waals surface area contributed by atoms with Crippen LogP contribution in [0.25, 0.3) is 22.6 Å². The summed E-state index contributed by atoms with van der Waals surface area (Å²) in [4.78, 5) is 17.3. The Hall–Kier alpha value is -3.13. The molecule has 0 saturated heterocycles. The number of hydrogen-bond acceptors (Lipinski definition) is 5. The monoisotopic (exact) mass is 555 g/mol. The summed E-state index contributed by atoms with van der Waals surface area (Å²) in [5, 5.41) is 6.67. The van der Waals surface area contributed by atoms with Crippen LogP contribution in [0.4, 0.5) is 5.69 Å². The lowest BCUT2D eigenvalue weighted by Crippen LogP contribution is -2.42. The van der Waals surface area contributed by atoms with Crippen LogP contribution >= 0.6 is 35.4 Å². The minimum absolute atomic E-state index is 0.138. The third-order valence-electron chi connectivity index (χ3n) is 6.13. The summed E-state index contributed by atoms with van der Waals surface area (Å²) in [6.07, 6.45) is 0.213. The molecule has 9 heteroatoms. The number of anilines is 1. The van der Waals surface area contributed by atoms with Crippen molar-refractivity contribution in [2.75, 3.05) is 5.32 Å². The maximum atomic E-state index is 12.6. The first-order valence-corrected chi connectivity index (χ1v) is 13.1. The lowest BCUT2D eigenvalue weighted by Gasteiger charge is -2.17. The normalized spacial score (nSPS) is 12.7. The molecule has 4 rings (SSSR count). The van der Waals surface area contributed by atoms with Crippen molar-refractivity contribution in [1.82, 2.24) is 10.3 Å². The van der Waals surface area contributed by atoms with E-state index in [2.05, 4.69) is 36.6 Å². The maximum absolute atomic E-state index is 12.6. The molecule has 0 aliphatic heterocycles. The number of aryl methyl sites for hydroxylation is 1. The number of rotatable bonds is 7. The fourth-order valence-corrected chi connectivity index (χ4v) is 4.35. The maximum Gasteiger partial charge on any atom is 0.266 e. The molecule has 2 atom stereocenters. The first-order valence-electron chi connectivity index (χ1n) is 11.9. The highest BCUT2D eigenvalue weighted by atomic mass is 35.5. The average molecular weight is 557 g/mol. The van der Waals surface area contributed by atoms with Crippen molar-refractivity contribution in [1.29, 1.82) is 0 Å². The Morgan fingerprint density at radius 1 is 1.11 bits per heavy atom. The summed E-state index contributed by atoms with van der Waals surface area (Å²) in [7, 11) is 0. The molecule has 0 saturated carbocycles. The van der Waals surface area contributed by atoms with Gasteiger partial charge in [0.2, 0.25) is 5.89 Å². The summed E-state index contributed by atoms with van der Waals surface area (Å²) in [5.74, 6) is 0.891. The minimum Gasteiger partial charge on any atom is -0.479 e. The van der Waals surface area contributed by atoms with Crippen molar-refractivity contribution in [2.45, 2.75) is 46.1 Å². The number of halogens is 2. The summed E-state index contributed by atoms with van der Waals surface area (Å²) >= 11 is 17.4. The summed E-state index contributed by atoms with van der Waals surface area (Å²) < 4.78 is 11.7. The van der Waals surface area contributed by atoms with Crippen LogP contribution in [-0.4, -0.2) is 22.1 Å². The standard InChI is InChI=1S/C28H27Cl2N3O3S/c1-5-15(2)18-8-10-25-23(12-18)31-27(36-25)19-7-6-16(3)22(13-19)32-28(37)33-26(34)17(4)35-24-11-9-20(29)14-21(24)30/h6-15,17H,5H2,1-4H3,(H2,32,33,34,37). The van der Waals surface area contributed by atoms with Gasteiger partial charge in [-0.1, -0.05) is 49.2 Å². The average Bonchev–Trinajstić information content (AvgIpc) is 3.29. The molecule has 1 heterocycles. The van der Waals surface area contributed by atoms with Crippen LogP contribution in [0.5, 0.6) is 5.75 Å². The smallest absolute Gasteiger partial charge is 0.266 e. The van der Waals surface area contributed by atoms with Crippen LogP contribution in [0, 0.1) is 6.92 Å². The summed E-state index contributed by atoms with van der Waals surface area (Å²) in [5.41, 5.74) is 5.24. The van der Waals surface area contributed by atoms with E-state index >= 15 is 0 Å². The molecular formula is C28H27Cl2N3O3S. The molecule has 2 N–H and O–H groups in total. The molecule has 0 bridgehead atoms. The molecule has 0 aliphatic rings. The van der Waals surface area contributed by atoms with E-state index in [1.54, 1.807) is 25.1 Å². The second-order valence-electron chi connectivity index (χ2n) is 8.86. The number of carbonyl (C=O) groups excluding carboxylic acids is 1. The Kier molecular flexibility index (Phi) is 8.37. The molecular weight excluding hydrogens is 529 g/mol. The molecule has 0 radical (unpaired) electrons. The van der Waals surface area contributed by atoms with Gasteiger partial charge in [0, 0.05) is 16.3 Å². The number of hydrogen-bond donors (Lipinski definition) is 2. The van der Waals surface area contributed by atoms with Crippen molar-refractivity contribution in [2.24, 2.45) is 0 Å². The van der Waals surface area contributed by atoms with Crippen LogP contribution in [0.1, 0.15) is 44.2 Å². The molecule has 3 aromatic carbocycles. The van der Waals surface area contributed by atoms with Crippen molar-refractivity contribution in [3.8, 4) is 17.2 Å². The molecule has 4 aromatic rings. The molecule has 2 unspecified atom stereocenters. The number of aromatic nitrogens is 1. The van der Waals surface area contributed by atoms with E-state index in [-0.39, 0.29) is 5.11 Å². The van der Waals surface area contributed by atoms with Gasteiger partial charge in [0.25, 0.3) is 5.91 Å². The first kappa shape index (κ1) is 26.9.